The Kier molecular flexibility index (Phi) is 2.90. The highest BCUT2D eigenvalue weighted by Crippen LogP contribution is 2.24. The summed E-state index contributed by atoms with van der Waals surface area (Å²) >= 11 is 0. The zero-order chi connectivity index (χ0) is 10.1. The normalized spacial score (nSPS) is 28.7. The number of hydrogen-bond donors (Lipinski definition) is 2. The Balaban J connectivity index is 2.42. The van der Waals surface area contributed by atoms with Crippen LogP contribution in [0.2, 0.25) is 0 Å². The zero-order valence-electron chi connectivity index (χ0n) is 7.69. The number of aliphatic hydroxyl groups excluding tert-OH is 1. The van der Waals surface area contributed by atoms with Crippen molar-refractivity contribution in [3.05, 3.63) is 0 Å². The van der Waals surface area contributed by atoms with Crippen LogP contribution in [0.15, 0.2) is 0 Å². The Morgan fingerprint density at radius 2 is 2.31 bits per heavy atom. The lowest BCUT2D eigenvalue weighted by molar-refractivity contribution is -0.157. The molecule has 5 nitrogen and oxygen atoms in total. The van der Waals surface area contributed by atoms with Gasteiger partial charge in [0.2, 0.25) is 0 Å². The van der Waals surface area contributed by atoms with Crippen LogP contribution >= 0.6 is 0 Å². The van der Waals surface area contributed by atoms with Crippen molar-refractivity contribution in [3.63, 3.8) is 0 Å². The average molecular weight is 190 g/mol. The van der Waals surface area contributed by atoms with Gasteiger partial charge in [0.15, 0.2) is 5.79 Å². The number of carbonyl (C=O) groups is 1. The van der Waals surface area contributed by atoms with Gasteiger partial charge in [-0.3, -0.25) is 4.79 Å². The molecule has 0 aromatic heterocycles. The van der Waals surface area contributed by atoms with E-state index in [0.717, 1.165) is 0 Å². The summed E-state index contributed by atoms with van der Waals surface area (Å²) in [5, 5.41) is 17.8. The maximum atomic E-state index is 10.3. The predicted octanol–water partition coefficient (Wildman–Crippen LogP) is -0.0265. The first-order valence-corrected chi connectivity index (χ1v) is 4.12. The number of rotatable bonds is 3. The van der Waals surface area contributed by atoms with E-state index in [1.807, 2.05) is 0 Å². The fourth-order valence-corrected chi connectivity index (χ4v) is 1.22. The highest BCUT2D eigenvalue weighted by molar-refractivity contribution is 5.67. The third-order valence-corrected chi connectivity index (χ3v) is 1.84. The molecule has 2 N–H and O–H groups in total. The number of aliphatic carboxylic acids is 1. The lowest BCUT2D eigenvalue weighted by atomic mass is 10.1. The monoisotopic (exact) mass is 190 g/mol. The molecule has 1 saturated heterocycles. The van der Waals surface area contributed by atoms with Crippen LogP contribution in [0, 0.1) is 0 Å². The Morgan fingerprint density at radius 3 is 2.69 bits per heavy atom. The second-order valence-electron chi connectivity index (χ2n) is 3.53. The van der Waals surface area contributed by atoms with Gasteiger partial charge >= 0.3 is 5.97 Å². The minimum Gasteiger partial charge on any atom is -0.481 e. The summed E-state index contributed by atoms with van der Waals surface area (Å²) in [4.78, 5) is 10.3. The summed E-state index contributed by atoms with van der Waals surface area (Å²) in [6.45, 7) is 3.68. The van der Waals surface area contributed by atoms with Gasteiger partial charge in [-0.1, -0.05) is 0 Å². The van der Waals surface area contributed by atoms with Crippen LogP contribution in [0.1, 0.15) is 20.3 Å². The largest absolute Gasteiger partial charge is 0.481 e. The molecule has 1 aliphatic rings. The number of carboxylic acids is 1. The molecule has 76 valence electrons. The minimum absolute atomic E-state index is 0.238. The quantitative estimate of drug-likeness (QED) is 0.653. The van der Waals surface area contributed by atoms with Crippen molar-refractivity contribution >= 4 is 5.97 Å². The van der Waals surface area contributed by atoms with Gasteiger partial charge < -0.3 is 19.7 Å². The molecule has 0 aliphatic carbocycles. The molecule has 1 aliphatic heterocycles. The number of aliphatic hydroxyl groups is 1. The van der Waals surface area contributed by atoms with Gasteiger partial charge in [-0.05, 0) is 13.8 Å². The zero-order valence-corrected chi connectivity index (χ0v) is 7.69. The maximum absolute atomic E-state index is 10.3. The van der Waals surface area contributed by atoms with Crippen molar-refractivity contribution in [2.24, 2.45) is 0 Å². The van der Waals surface area contributed by atoms with E-state index in [-0.39, 0.29) is 13.0 Å². The van der Waals surface area contributed by atoms with Crippen molar-refractivity contribution in [2.45, 2.75) is 38.3 Å². The van der Waals surface area contributed by atoms with Crippen molar-refractivity contribution in [1.29, 1.82) is 0 Å². The molecule has 1 fully saturated rings. The highest BCUT2D eigenvalue weighted by atomic mass is 16.7. The summed E-state index contributed by atoms with van der Waals surface area (Å²) in [6.07, 6.45) is -1.85. The van der Waals surface area contributed by atoms with Crippen molar-refractivity contribution in [1.82, 2.24) is 0 Å². The van der Waals surface area contributed by atoms with Crippen LogP contribution < -0.4 is 0 Å². The third-order valence-electron chi connectivity index (χ3n) is 1.84. The molecule has 0 radical (unpaired) electrons. The predicted molar refractivity (Wildman–Crippen MR) is 43.2 cm³/mol. The summed E-state index contributed by atoms with van der Waals surface area (Å²) < 4.78 is 10.5. The molecule has 2 atom stereocenters. The first kappa shape index (κ1) is 10.4. The second-order valence-corrected chi connectivity index (χ2v) is 3.53. The van der Waals surface area contributed by atoms with Gasteiger partial charge in [0.1, 0.15) is 6.10 Å². The summed E-state index contributed by atoms with van der Waals surface area (Å²) in [7, 11) is 0. The Hall–Kier alpha value is -0.650. The van der Waals surface area contributed by atoms with Gasteiger partial charge in [0.25, 0.3) is 0 Å². The molecule has 0 aromatic rings. The molecule has 0 saturated carbocycles. The second kappa shape index (κ2) is 3.61. The fourth-order valence-electron chi connectivity index (χ4n) is 1.22. The van der Waals surface area contributed by atoms with E-state index in [1.165, 1.54) is 0 Å². The lowest BCUT2D eigenvalue weighted by Crippen LogP contribution is -2.32. The van der Waals surface area contributed by atoms with Crippen LogP contribution in [-0.2, 0) is 14.3 Å². The molecule has 0 amide bonds. The molecule has 1 rings (SSSR count). The molecular formula is C8H14O5. The van der Waals surface area contributed by atoms with E-state index >= 15 is 0 Å². The van der Waals surface area contributed by atoms with Gasteiger partial charge in [-0.2, -0.15) is 0 Å². The van der Waals surface area contributed by atoms with E-state index in [2.05, 4.69) is 0 Å². The molecule has 2 unspecified atom stereocenters. The van der Waals surface area contributed by atoms with Crippen LogP contribution in [0.4, 0.5) is 0 Å². The van der Waals surface area contributed by atoms with E-state index < -0.39 is 24.0 Å². The minimum atomic E-state index is -1.04. The van der Waals surface area contributed by atoms with Gasteiger partial charge in [-0.15, -0.1) is 0 Å². The van der Waals surface area contributed by atoms with Crippen LogP contribution in [0.25, 0.3) is 0 Å². The highest BCUT2D eigenvalue weighted by Gasteiger charge is 2.37. The average Bonchev–Trinajstić information content (AvgIpc) is 2.28. The van der Waals surface area contributed by atoms with Crippen molar-refractivity contribution in [3.8, 4) is 0 Å². The first-order chi connectivity index (χ1) is 5.91. The topological polar surface area (TPSA) is 76.0 Å². The summed E-state index contributed by atoms with van der Waals surface area (Å²) in [5.74, 6) is -1.76. The Morgan fingerprint density at radius 1 is 1.69 bits per heavy atom. The van der Waals surface area contributed by atoms with Gasteiger partial charge in [-0.25, -0.2) is 0 Å². The molecule has 0 bridgehead atoms. The van der Waals surface area contributed by atoms with E-state index in [1.54, 1.807) is 13.8 Å². The summed E-state index contributed by atoms with van der Waals surface area (Å²) in [5.41, 5.74) is 0. The van der Waals surface area contributed by atoms with E-state index in [9.17, 15) is 9.90 Å². The number of carboxylic acid groups (broad SMARTS) is 1. The molecule has 5 heteroatoms. The lowest BCUT2D eigenvalue weighted by Gasteiger charge is -2.19. The smallest absolute Gasteiger partial charge is 0.306 e. The van der Waals surface area contributed by atoms with Crippen molar-refractivity contribution < 1.29 is 24.5 Å². The maximum Gasteiger partial charge on any atom is 0.306 e. The van der Waals surface area contributed by atoms with E-state index in [4.69, 9.17) is 14.6 Å². The Bertz CT molecular complexity index is 201. The first-order valence-electron chi connectivity index (χ1n) is 4.12. The third kappa shape index (κ3) is 2.95. The molecule has 0 spiro atoms. The van der Waals surface area contributed by atoms with E-state index in [0.29, 0.717) is 0 Å². The fraction of sp³-hybridized carbons (Fsp3) is 0.875. The van der Waals surface area contributed by atoms with Gasteiger partial charge in [0, 0.05) is 0 Å². The SMILES string of the molecule is CC1(C)OCC(C(O)CC(=O)O)O1. The molecular weight excluding hydrogens is 176 g/mol. The molecule has 0 aromatic carbocycles. The van der Waals surface area contributed by atoms with Gasteiger partial charge in [0.05, 0.1) is 19.1 Å². The summed E-state index contributed by atoms with van der Waals surface area (Å²) in [6, 6.07) is 0. The number of hydrogen-bond acceptors (Lipinski definition) is 4. The van der Waals surface area contributed by atoms with Crippen LogP contribution in [0.5, 0.6) is 0 Å². The van der Waals surface area contributed by atoms with Crippen LogP contribution in [-0.4, -0.2) is 40.8 Å². The van der Waals surface area contributed by atoms with Crippen LogP contribution in [0.3, 0.4) is 0 Å². The molecule has 13 heavy (non-hydrogen) atoms. The number of ether oxygens (including phenoxy) is 2. The Labute approximate surface area is 76.3 Å². The van der Waals surface area contributed by atoms with Crippen molar-refractivity contribution in [2.75, 3.05) is 6.61 Å². The molecule has 1 heterocycles. The standard InChI is InChI=1S/C8H14O5/c1-8(2)12-4-6(13-8)5(9)3-7(10)11/h5-6,9H,3-4H2,1-2H3,(H,10,11).